The first-order valence-corrected chi connectivity index (χ1v) is 6.08. The molecule has 3 aromatic rings. The number of benzene rings is 1. The van der Waals surface area contributed by atoms with Crippen molar-refractivity contribution in [2.24, 2.45) is 5.73 Å². The minimum atomic E-state index is 0.450. The number of hydrogen-bond donors (Lipinski definition) is 2. The van der Waals surface area contributed by atoms with E-state index in [1.54, 1.807) is 6.20 Å². The predicted molar refractivity (Wildman–Crippen MR) is 71.1 cm³/mol. The molecule has 0 aliphatic carbocycles. The van der Waals surface area contributed by atoms with E-state index in [4.69, 9.17) is 10.2 Å². The smallest absolute Gasteiger partial charge is 0.156 e. The van der Waals surface area contributed by atoms with Gasteiger partial charge in [0.25, 0.3) is 0 Å². The zero-order valence-electron chi connectivity index (χ0n) is 10.2. The maximum atomic E-state index is 5.95. The number of nitrogens with two attached hydrogens (primary N) is 1. The van der Waals surface area contributed by atoms with E-state index in [0.717, 1.165) is 34.4 Å². The lowest BCUT2D eigenvalue weighted by molar-refractivity contribution is 0.623. The number of para-hydroxylation sites is 1. The number of aromatic nitrogens is 2. The van der Waals surface area contributed by atoms with Crippen molar-refractivity contribution in [3.63, 3.8) is 0 Å². The van der Waals surface area contributed by atoms with Crippen molar-refractivity contribution in [1.82, 2.24) is 10.2 Å². The maximum absolute atomic E-state index is 5.95. The third kappa shape index (κ3) is 1.54. The van der Waals surface area contributed by atoms with E-state index in [9.17, 15) is 0 Å². The van der Waals surface area contributed by atoms with Crippen molar-refractivity contribution < 1.29 is 4.42 Å². The first-order valence-electron chi connectivity index (χ1n) is 6.08. The first-order chi connectivity index (χ1) is 8.85. The van der Waals surface area contributed by atoms with Gasteiger partial charge >= 0.3 is 0 Å². The van der Waals surface area contributed by atoms with Crippen LogP contribution >= 0.6 is 0 Å². The molecule has 2 heterocycles. The van der Waals surface area contributed by atoms with Crippen LogP contribution in [0.4, 0.5) is 0 Å². The van der Waals surface area contributed by atoms with E-state index in [2.05, 4.69) is 23.2 Å². The molecule has 3 rings (SSSR count). The van der Waals surface area contributed by atoms with E-state index in [1.165, 1.54) is 5.56 Å². The second kappa shape index (κ2) is 4.31. The number of fused-ring (bicyclic) bond motifs is 1. The van der Waals surface area contributed by atoms with Crippen LogP contribution in [-0.4, -0.2) is 10.2 Å². The van der Waals surface area contributed by atoms with E-state index in [1.807, 2.05) is 18.2 Å². The Hall–Kier alpha value is -2.07. The Morgan fingerprint density at radius 2 is 2.17 bits per heavy atom. The molecule has 0 aliphatic heterocycles. The molecule has 1 aromatic carbocycles. The molecule has 0 fully saturated rings. The Labute approximate surface area is 105 Å². The molecule has 0 unspecified atom stereocenters. The fraction of sp³-hybridized carbons (Fsp3) is 0.214. The molecule has 92 valence electrons. The minimum Gasteiger partial charge on any atom is -0.454 e. The topological polar surface area (TPSA) is 67.8 Å². The molecule has 0 saturated heterocycles. The fourth-order valence-electron chi connectivity index (χ4n) is 2.31. The van der Waals surface area contributed by atoms with Crippen LogP contribution in [0.15, 0.2) is 34.9 Å². The SMILES string of the molecule is CCc1c(-c2[nH]ncc2CN)oc2ccccc12. The Balaban J connectivity index is 2.29. The molecule has 0 amide bonds. The summed E-state index contributed by atoms with van der Waals surface area (Å²) >= 11 is 0. The summed E-state index contributed by atoms with van der Waals surface area (Å²) in [6.45, 7) is 2.57. The summed E-state index contributed by atoms with van der Waals surface area (Å²) in [5.74, 6) is 0.858. The molecular weight excluding hydrogens is 226 g/mol. The Bertz CT molecular complexity index is 681. The quantitative estimate of drug-likeness (QED) is 0.740. The highest BCUT2D eigenvalue weighted by Gasteiger charge is 2.17. The highest BCUT2D eigenvalue weighted by Crippen LogP contribution is 2.34. The van der Waals surface area contributed by atoms with Gasteiger partial charge in [0.15, 0.2) is 5.76 Å². The Morgan fingerprint density at radius 1 is 1.33 bits per heavy atom. The summed E-state index contributed by atoms with van der Waals surface area (Å²) in [4.78, 5) is 0. The van der Waals surface area contributed by atoms with Crippen molar-refractivity contribution in [1.29, 1.82) is 0 Å². The van der Waals surface area contributed by atoms with Crippen molar-refractivity contribution in [2.75, 3.05) is 0 Å². The van der Waals surface area contributed by atoms with E-state index >= 15 is 0 Å². The lowest BCUT2D eigenvalue weighted by Crippen LogP contribution is -1.97. The normalized spacial score (nSPS) is 11.2. The summed E-state index contributed by atoms with van der Waals surface area (Å²) < 4.78 is 5.95. The number of aromatic amines is 1. The molecule has 0 atom stereocenters. The molecule has 0 aliphatic rings. The van der Waals surface area contributed by atoms with Crippen molar-refractivity contribution >= 4 is 11.0 Å². The van der Waals surface area contributed by atoms with Crippen LogP contribution in [0, 0.1) is 0 Å². The molecular formula is C14H15N3O. The van der Waals surface area contributed by atoms with Gasteiger partial charge in [0, 0.05) is 23.1 Å². The highest BCUT2D eigenvalue weighted by molar-refractivity contribution is 5.87. The molecule has 0 spiro atoms. The van der Waals surface area contributed by atoms with Crippen LogP contribution in [0.1, 0.15) is 18.1 Å². The summed E-state index contributed by atoms with van der Waals surface area (Å²) in [6.07, 6.45) is 2.66. The highest BCUT2D eigenvalue weighted by atomic mass is 16.3. The molecule has 0 saturated carbocycles. The summed E-state index contributed by atoms with van der Waals surface area (Å²) in [5.41, 5.74) is 9.69. The van der Waals surface area contributed by atoms with Gasteiger partial charge in [0.05, 0.1) is 6.20 Å². The average Bonchev–Trinajstić information content (AvgIpc) is 3.01. The predicted octanol–water partition coefficient (Wildman–Crippen LogP) is 2.84. The number of hydrogen-bond acceptors (Lipinski definition) is 3. The van der Waals surface area contributed by atoms with Crippen LogP contribution in [-0.2, 0) is 13.0 Å². The molecule has 4 heteroatoms. The lowest BCUT2D eigenvalue weighted by Gasteiger charge is -2.00. The summed E-state index contributed by atoms with van der Waals surface area (Å²) in [6, 6.07) is 8.07. The Morgan fingerprint density at radius 3 is 2.94 bits per heavy atom. The van der Waals surface area contributed by atoms with Crippen LogP contribution in [0.25, 0.3) is 22.4 Å². The van der Waals surface area contributed by atoms with Crippen molar-refractivity contribution in [2.45, 2.75) is 19.9 Å². The van der Waals surface area contributed by atoms with Crippen molar-refractivity contribution in [3.8, 4) is 11.5 Å². The van der Waals surface area contributed by atoms with E-state index in [0.29, 0.717) is 6.54 Å². The van der Waals surface area contributed by atoms with Crippen LogP contribution < -0.4 is 5.73 Å². The Kier molecular flexibility index (Phi) is 2.64. The molecule has 0 bridgehead atoms. The van der Waals surface area contributed by atoms with Gasteiger partial charge in [-0.2, -0.15) is 5.10 Å². The third-order valence-corrected chi connectivity index (χ3v) is 3.22. The summed E-state index contributed by atoms with van der Waals surface area (Å²) in [5, 5.41) is 8.19. The average molecular weight is 241 g/mol. The molecule has 2 aromatic heterocycles. The number of nitrogens with one attached hydrogen (secondary N) is 1. The van der Waals surface area contributed by atoms with Gasteiger partial charge < -0.3 is 10.2 Å². The maximum Gasteiger partial charge on any atom is 0.156 e. The number of aryl methyl sites for hydroxylation is 1. The molecule has 4 nitrogen and oxygen atoms in total. The standard InChI is InChI=1S/C14H15N3O/c1-2-10-11-5-3-4-6-12(11)18-14(10)13-9(7-15)8-16-17-13/h3-6,8H,2,7,15H2,1H3,(H,16,17). The number of H-pyrrole nitrogens is 1. The largest absolute Gasteiger partial charge is 0.454 e. The minimum absolute atomic E-state index is 0.450. The van der Waals surface area contributed by atoms with Crippen LogP contribution in [0.3, 0.4) is 0 Å². The number of nitrogens with zero attached hydrogens (tertiary/aromatic N) is 1. The second-order valence-corrected chi connectivity index (χ2v) is 4.23. The number of furan rings is 1. The van der Waals surface area contributed by atoms with Gasteiger partial charge in [-0.1, -0.05) is 25.1 Å². The molecule has 0 radical (unpaired) electrons. The van der Waals surface area contributed by atoms with Gasteiger partial charge in [-0.25, -0.2) is 0 Å². The second-order valence-electron chi connectivity index (χ2n) is 4.23. The zero-order chi connectivity index (χ0) is 12.5. The monoisotopic (exact) mass is 241 g/mol. The van der Waals surface area contributed by atoms with Crippen LogP contribution in [0.2, 0.25) is 0 Å². The van der Waals surface area contributed by atoms with Crippen molar-refractivity contribution in [3.05, 3.63) is 41.6 Å². The van der Waals surface area contributed by atoms with Gasteiger partial charge in [0.1, 0.15) is 11.3 Å². The molecule has 3 N–H and O–H groups in total. The van der Waals surface area contributed by atoms with Gasteiger partial charge in [0.2, 0.25) is 0 Å². The first kappa shape index (κ1) is 11.0. The van der Waals surface area contributed by atoms with Gasteiger partial charge in [-0.05, 0) is 12.5 Å². The third-order valence-electron chi connectivity index (χ3n) is 3.22. The van der Waals surface area contributed by atoms with E-state index in [-0.39, 0.29) is 0 Å². The summed E-state index contributed by atoms with van der Waals surface area (Å²) in [7, 11) is 0. The van der Waals surface area contributed by atoms with Gasteiger partial charge in [-0.3, -0.25) is 5.10 Å². The fourth-order valence-corrected chi connectivity index (χ4v) is 2.31. The van der Waals surface area contributed by atoms with Crippen LogP contribution in [0.5, 0.6) is 0 Å². The van der Waals surface area contributed by atoms with Gasteiger partial charge in [-0.15, -0.1) is 0 Å². The number of rotatable bonds is 3. The lowest BCUT2D eigenvalue weighted by atomic mass is 10.1. The van der Waals surface area contributed by atoms with E-state index < -0.39 is 0 Å². The molecule has 18 heavy (non-hydrogen) atoms. The zero-order valence-corrected chi connectivity index (χ0v) is 10.2.